The molecule has 1 aromatic rings. The Bertz CT molecular complexity index is 508. The highest BCUT2D eigenvalue weighted by molar-refractivity contribution is 7.80. The van der Waals surface area contributed by atoms with E-state index in [2.05, 4.69) is 46.3 Å². The van der Waals surface area contributed by atoms with Gasteiger partial charge in [0, 0.05) is 12.0 Å². The molecule has 1 heterocycles. The maximum atomic E-state index is 9.22. The number of hydrogen-bond donors (Lipinski definition) is 0. The Labute approximate surface area is 101 Å². The molecule has 0 bridgehead atoms. The van der Waals surface area contributed by atoms with Gasteiger partial charge in [-0.3, -0.25) is 4.18 Å². The summed E-state index contributed by atoms with van der Waals surface area (Å²) in [6.45, 7) is 1.15. The molecule has 2 rings (SSSR count). The van der Waals surface area contributed by atoms with Crippen molar-refractivity contribution in [1.29, 1.82) is 0 Å². The zero-order chi connectivity index (χ0) is 12.9. The van der Waals surface area contributed by atoms with Gasteiger partial charge < -0.3 is 4.55 Å². The molecule has 1 aliphatic heterocycles. The van der Waals surface area contributed by atoms with E-state index in [1.807, 2.05) is 0 Å². The van der Waals surface area contributed by atoms with Crippen LogP contribution < -0.4 is 0 Å². The molecule has 0 aliphatic carbocycles. The minimum Gasteiger partial charge on any atom is -0.726 e. The van der Waals surface area contributed by atoms with Crippen LogP contribution in [0.25, 0.3) is 0 Å². The SMILES string of the molecule is COS(=O)(=O)[O-].C[N+]1=Cc2ccccc2CC1. The predicted octanol–water partition coefficient (Wildman–Crippen LogP) is 0.397. The van der Waals surface area contributed by atoms with Crippen LogP contribution in [0.1, 0.15) is 11.1 Å². The largest absolute Gasteiger partial charge is 0.726 e. The van der Waals surface area contributed by atoms with Crippen molar-refractivity contribution < 1.29 is 21.7 Å². The summed E-state index contributed by atoms with van der Waals surface area (Å²) < 4.78 is 33.3. The van der Waals surface area contributed by atoms with Crippen LogP contribution in [0.3, 0.4) is 0 Å². The van der Waals surface area contributed by atoms with Crippen LogP contribution in [0.5, 0.6) is 0 Å². The van der Waals surface area contributed by atoms with Crippen LogP contribution in [-0.4, -0.2) is 44.5 Å². The topological polar surface area (TPSA) is 69.4 Å². The van der Waals surface area contributed by atoms with Crippen LogP contribution in [0, 0.1) is 0 Å². The fourth-order valence-corrected chi connectivity index (χ4v) is 1.49. The first kappa shape index (κ1) is 13.8. The lowest BCUT2D eigenvalue weighted by molar-refractivity contribution is -0.493. The van der Waals surface area contributed by atoms with E-state index in [-0.39, 0.29) is 0 Å². The quantitative estimate of drug-likeness (QED) is 0.415. The number of rotatable bonds is 1. The van der Waals surface area contributed by atoms with Crippen LogP contribution in [0.15, 0.2) is 24.3 Å². The van der Waals surface area contributed by atoms with Crippen LogP contribution in [0.2, 0.25) is 0 Å². The highest BCUT2D eigenvalue weighted by Crippen LogP contribution is 2.09. The van der Waals surface area contributed by atoms with Gasteiger partial charge in [0.05, 0.1) is 7.11 Å². The molecule has 0 amide bonds. The van der Waals surface area contributed by atoms with Crippen molar-refractivity contribution in [2.45, 2.75) is 6.42 Å². The molecule has 0 radical (unpaired) electrons. The summed E-state index contributed by atoms with van der Waals surface area (Å²) in [6, 6.07) is 8.58. The summed E-state index contributed by atoms with van der Waals surface area (Å²) in [4.78, 5) is 0. The lowest BCUT2D eigenvalue weighted by Gasteiger charge is -2.08. The van der Waals surface area contributed by atoms with Crippen molar-refractivity contribution in [2.75, 3.05) is 20.7 Å². The Morgan fingerprint density at radius 1 is 1.35 bits per heavy atom. The van der Waals surface area contributed by atoms with Crippen molar-refractivity contribution in [3.8, 4) is 0 Å². The van der Waals surface area contributed by atoms with Gasteiger partial charge in [-0.05, 0) is 11.6 Å². The van der Waals surface area contributed by atoms with E-state index in [1.54, 1.807) is 0 Å². The first-order valence-corrected chi connectivity index (χ1v) is 6.40. The van der Waals surface area contributed by atoms with Gasteiger partial charge in [0.1, 0.15) is 13.6 Å². The Kier molecular flexibility index (Phi) is 4.80. The minimum absolute atomic E-state index is 0.808. The molecule has 0 fully saturated rings. The summed E-state index contributed by atoms with van der Waals surface area (Å²) >= 11 is 0. The number of hydrogen-bond acceptors (Lipinski definition) is 4. The lowest BCUT2D eigenvalue weighted by Crippen LogP contribution is -2.18. The molecule has 6 heteroatoms. The van der Waals surface area contributed by atoms with E-state index in [4.69, 9.17) is 0 Å². The Morgan fingerprint density at radius 2 is 1.94 bits per heavy atom. The molecule has 17 heavy (non-hydrogen) atoms. The third-order valence-corrected chi connectivity index (χ3v) is 2.76. The predicted molar refractivity (Wildman–Crippen MR) is 63.1 cm³/mol. The summed E-state index contributed by atoms with van der Waals surface area (Å²) in [5.41, 5.74) is 2.85. The van der Waals surface area contributed by atoms with Gasteiger partial charge in [0.25, 0.3) is 0 Å². The summed E-state index contributed by atoms with van der Waals surface area (Å²) in [5, 5.41) is 0. The summed E-state index contributed by atoms with van der Waals surface area (Å²) in [5.74, 6) is 0. The third kappa shape index (κ3) is 5.08. The Morgan fingerprint density at radius 3 is 2.53 bits per heavy atom. The fourth-order valence-electron chi connectivity index (χ4n) is 1.49. The van der Waals surface area contributed by atoms with Gasteiger partial charge in [-0.2, -0.15) is 0 Å². The van der Waals surface area contributed by atoms with Crippen LogP contribution in [-0.2, 0) is 21.0 Å². The minimum atomic E-state index is -4.41. The van der Waals surface area contributed by atoms with Gasteiger partial charge >= 0.3 is 0 Å². The maximum absolute atomic E-state index is 9.22. The lowest BCUT2D eigenvalue weighted by atomic mass is 10.0. The van der Waals surface area contributed by atoms with Gasteiger partial charge in [-0.1, -0.05) is 18.2 Å². The number of nitrogens with zero attached hydrogens (tertiary/aromatic N) is 1. The van der Waals surface area contributed by atoms with Gasteiger partial charge in [0.2, 0.25) is 10.4 Å². The highest BCUT2D eigenvalue weighted by atomic mass is 32.3. The Hall–Kier alpha value is -1.24. The van der Waals surface area contributed by atoms with Crippen molar-refractivity contribution >= 4 is 16.6 Å². The summed E-state index contributed by atoms with van der Waals surface area (Å²) in [7, 11) is -1.48. The van der Waals surface area contributed by atoms with E-state index in [0.29, 0.717) is 0 Å². The number of fused-ring (bicyclic) bond motifs is 1. The van der Waals surface area contributed by atoms with E-state index in [0.717, 1.165) is 13.7 Å². The first-order valence-electron chi connectivity index (χ1n) is 5.07. The Balaban J connectivity index is 0.000000209. The van der Waals surface area contributed by atoms with Crippen LogP contribution in [0.4, 0.5) is 0 Å². The molecule has 1 aromatic carbocycles. The zero-order valence-electron chi connectivity index (χ0n) is 9.79. The molecule has 0 saturated heterocycles. The average Bonchev–Trinajstić information content (AvgIpc) is 2.29. The van der Waals surface area contributed by atoms with Crippen molar-refractivity contribution in [3.05, 3.63) is 35.4 Å². The summed E-state index contributed by atoms with van der Waals surface area (Å²) in [6.07, 6.45) is 3.39. The second-order valence-corrected chi connectivity index (χ2v) is 4.78. The van der Waals surface area contributed by atoms with E-state index in [9.17, 15) is 13.0 Å². The highest BCUT2D eigenvalue weighted by Gasteiger charge is 2.10. The van der Waals surface area contributed by atoms with Crippen molar-refractivity contribution in [1.82, 2.24) is 0 Å². The molecule has 5 nitrogen and oxygen atoms in total. The molecular formula is C11H15NO4S. The molecule has 1 aliphatic rings. The molecule has 0 N–H and O–H groups in total. The van der Waals surface area contributed by atoms with Gasteiger partial charge in [-0.25, -0.2) is 13.0 Å². The van der Waals surface area contributed by atoms with E-state index in [1.165, 1.54) is 17.5 Å². The third-order valence-electron chi connectivity index (χ3n) is 2.35. The normalized spacial score (nSPS) is 14.2. The number of likely N-dealkylation sites (N-methyl/N-ethyl adjacent to an activating group) is 1. The monoisotopic (exact) mass is 257 g/mol. The molecule has 0 saturated carbocycles. The van der Waals surface area contributed by atoms with E-state index >= 15 is 0 Å². The smallest absolute Gasteiger partial charge is 0.217 e. The fraction of sp³-hybridized carbons (Fsp3) is 0.364. The second-order valence-electron chi connectivity index (χ2n) is 3.63. The molecule has 94 valence electrons. The average molecular weight is 257 g/mol. The first-order chi connectivity index (χ1) is 7.92. The molecule has 0 atom stereocenters. The second kappa shape index (κ2) is 5.90. The van der Waals surface area contributed by atoms with Crippen molar-refractivity contribution in [3.63, 3.8) is 0 Å². The molecule has 0 unspecified atom stereocenters. The van der Waals surface area contributed by atoms with Crippen molar-refractivity contribution in [2.24, 2.45) is 0 Å². The molecule has 0 aromatic heterocycles. The standard InChI is InChI=1S/C10H12N.CH4O4S/c1-11-7-6-9-4-2-3-5-10(9)8-11;1-5-6(2,3)4/h2-5,8H,6-7H2,1H3;1H3,(H,2,3,4)/q+1;/p-1. The van der Waals surface area contributed by atoms with Gasteiger partial charge in [0.15, 0.2) is 6.21 Å². The molecule has 0 spiro atoms. The zero-order valence-corrected chi connectivity index (χ0v) is 10.6. The van der Waals surface area contributed by atoms with Crippen LogP contribution >= 0.6 is 0 Å². The maximum Gasteiger partial charge on any atom is 0.217 e. The molecular weight excluding hydrogens is 242 g/mol. The number of benzene rings is 1. The van der Waals surface area contributed by atoms with Gasteiger partial charge in [-0.15, -0.1) is 0 Å². The van der Waals surface area contributed by atoms with E-state index < -0.39 is 10.4 Å².